The van der Waals surface area contributed by atoms with E-state index < -0.39 is 73.3 Å². The molecule has 0 fully saturated rings. The maximum atomic E-state index is 12.3. The molecule has 0 aliphatic heterocycles. The Kier molecular flexibility index (Phi) is 29.8. The van der Waals surface area contributed by atoms with E-state index in [0.29, 0.717) is 0 Å². The predicted octanol–water partition coefficient (Wildman–Crippen LogP) is -11.9. The number of aromatic hydroxyl groups is 2. The SMILES string of the molecule is O=S(=O)([O-])O.[CH2-]CS(=O)(=O)c1ccc(S(=O)(=O)[O-])c(N=Nc2c(NCS(=O)(=O)[O-])ccc3c(O)c(N=Nc4c[c-]ccc4O)[c-]cc23)c1.[Cu].[Na+].[Na+].[Na+].[Na+].[Na+]. The maximum absolute atomic E-state index is 12.3. The van der Waals surface area contributed by atoms with Crippen LogP contribution in [0.4, 0.5) is 28.4 Å². The number of azo groups is 2. The molecule has 54 heavy (non-hydrogen) atoms. The number of benzene rings is 4. The van der Waals surface area contributed by atoms with Gasteiger partial charge in [-0.2, -0.15) is 39.6 Å². The number of nitrogens with zero attached hydrogens (tertiary/aromatic N) is 4. The van der Waals surface area contributed by atoms with Gasteiger partial charge < -0.3 is 36.1 Å². The van der Waals surface area contributed by atoms with Crippen LogP contribution in [0.5, 0.6) is 11.5 Å². The molecule has 4 rings (SSSR count). The Labute approximate surface area is 432 Å². The summed E-state index contributed by atoms with van der Waals surface area (Å²) in [6, 6.07) is 15.6. The average Bonchev–Trinajstić information content (AvgIpc) is 2.97. The molecule has 4 N–H and O–H groups in total. The molecule has 0 aliphatic rings. The van der Waals surface area contributed by atoms with E-state index in [9.17, 15) is 44.6 Å². The minimum absolute atomic E-state index is 0. The van der Waals surface area contributed by atoms with Crippen molar-refractivity contribution >= 4 is 79.7 Å². The predicted molar refractivity (Wildman–Crippen MR) is 162 cm³/mol. The van der Waals surface area contributed by atoms with Gasteiger partial charge in [0.25, 0.3) is 0 Å². The van der Waals surface area contributed by atoms with Crippen molar-refractivity contribution < 1.29 is 227 Å². The van der Waals surface area contributed by atoms with Gasteiger partial charge in [-0.05, 0) is 24.3 Å². The third-order valence-electron chi connectivity index (χ3n) is 5.65. The number of phenolic OH excluding ortho intramolecular Hbond substituents is 2. The Morgan fingerprint density at radius 3 is 1.85 bits per heavy atom. The Bertz CT molecular complexity index is 2390. The first-order chi connectivity index (χ1) is 22.1. The van der Waals surface area contributed by atoms with Crippen LogP contribution in [-0.2, 0) is 57.5 Å². The normalized spacial score (nSPS) is 11.3. The molecule has 19 nitrogen and oxygen atoms in total. The van der Waals surface area contributed by atoms with Crippen molar-refractivity contribution in [1.29, 1.82) is 0 Å². The summed E-state index contributed by atoms with van der Waals surface area (Å²) in [5, 5.41) is 38.6. The number of fused-ring (bicyclic) bond motifs is 1. The zero-order chi connectivity index (χ0) is 36.1. The second-order valence-corrected chi connectivity index (χ2v) is 14.6. The van der Waals surface area contributed by atoms with Gasteiger partial charge in [0.05, 0.1) is 21.2 Å². The van der Waals surface area contributed by atoms with Crippen LogP contribution in [0.15, 0.2) is 84.8 Å². The minimum Gasteiger partial charge on any atom is -0.747 e. The second kappa shape index (κ2) is 26.2. The molecule has 0 saturated heterocycles. The summed E-state index contributed by atoms with van der Waals surface area (Å²) in [4.78, 5) is -1.31. The van der Waals surface area contributed by atoms with E-state index in [0.717, 1.165) is 18.2 Å². The Morgan fingerprint density at radius 1 is 0.759 bits per heavy atom. The molecule has 0 saturated carbocycles. The van der Waals surface area contributed by atoms with E-state index in [2.05, 4.69) is 44.8 Å². The molecular weight excluding hydrogens is 901 g/mol. The van der Waals surface area contributed by atoms with Gasteiger partial charge in [0, 0.05) is 39.9 Å². The molecule has 0 amide bonds. The topological polar surface area (TPSA) is 328 Å². The number of hydrogen-bond acceptors (Lipinski definition) is 18. The van der Waals surface area contributed by atoms with Gasteiger partial charge in [-0.15, -0.1) is 12.1 Å². The molecule has 1 radical (unpaired) electrons. The molecule has 0 aromatic heterocycles. The van der Waals surface area contributed by atoms with Crippen LogP contribution >= 0.6 is 0 Å². The number of rotatable bonds is 10. The zero-order valence-electron chi connectivity index (χ0n) is 28.9. The van der Waals surface area contributed by atoms with Crippen molar-refractivity contribution in [3.63, 3.8) is 0 Å². The van der Waals surface area contributed by atoms with Crippen LogP contribution < -0.4 is 153 Å². The van der Waals surface area contributed by atoms with Gasteiger partial charge >= 0.3 is 148 Å². The molecule has 0 atom stereocenters. The van der Waals surface area contributed by atoms with E-state index >= 15 is 0 Å². The van der Waals surface area contributed by atoms with Gasteiger partial charge in [0.2, 0.25) is 10.4 Å². The van der Waals surface area contributed by atoms with Crippen LogP contribution in [0.3, 0.4) is 0 Å². The molecule has 4 aromatic rings. The van der Waals surface area contributed by atoms with Gasteiger partial charge in [0.15, 0.2) is 9.84 Å². The molecule has 29 heteroatoms. The van der Waals surface area contributed by atoms with Crippen molar-refractivity contribution in [2.75, 3.05) is 16.9 Å². The standard InChI is InChI=1S/C25H20N5O10S3.Cu.5Na.H2O4S/c1-2-41(33,34)15-7-12-23(43(38,39)40)21(13-15)29-30-24-16-8-11-20(28-27-18-5-3-4-6-22(18)31)25(32)17(16)9-10-19(24)26-14-42(35,36)37;;;;;;;1-5(2,3)4/h4-10,12-13,26,31-32H,1-2,14H2,(H,35,36,37)(H,38,39,40);;;;;;;(H2,1,2,3,4)/q-3;;5*+1;/p-3. The number of anilines is 1. The third kappa shape index (κ3) is 19.3. The van der Waals surface area contributed by atoms with Crippen molar-refractivity contribution in [3.05, 3.63) is 73.7 Å². The van der Waals surface area contributed by atoms with E-state index in [1.54, 1.807) is 0 Å². The van der Waals surface area contributed by atoms with Gasteiger partial charge in [-0.1, -0.05) is 22.6 Å². The van der Waals surface area contributed by atoms with Crippen molar-refractivity contribution in [3.8, 4) is 11.5 Å². The number of hydrogen-bond donors (Lipinski definition) is 4. The number of nitrogens with one attached hydrogen (secondary N) is 1. The Hall–Kier alpha value is 0.899. The van der Waals surface area contributed by atoms with E-state index in [-0.39, 0.29) is 204 Å². The van der Waals surface area contributed by atoms with Crippen LogP contribution in [0.2, 0.25) is 0 Å². The summed E-state index contributed by atoms with van der Waals surface area (Å²) < 4.78 is 127. The Morgan fingerprint density at radius 2 is 1.33 bits per heavy atom. The first-order valence-electron chi connectivity index (χ1n) is 12.3. The zero-order valence-corrected chi connectivity index (χ0v) is 43.1. The first-order valence-corrected chi connectivity index (χ1v) is 18.3. The van der Waals surface area contributed by atoms with Crippen LogP contribution in [0, 0.1) is 19.1 Å². The molecule has 4 aromatic carbocycles. The quantitative estimate of drug-likeness (QED) is 0.0377. The van der Waals surface area contributed by atoms with Gasteiger partial charge in [-0.25, -0.2) is 38.8 Å². The van der Waals surface area contributed by atoms with E-state index in [1.807, 2.05) is 0 Å². The monoisotopic (exact) mass is 919 g/mol. The molecule has 0 heterocycles. The Balaban J connectivity index is -0.00000107. The summed E-state index contributed by atoms with van der Waals surface area (Å²) in [7, 11) is -18.9. The smallest absolute Gasteiger partial charge is 0.747 e. The largest absolute Gasteiger partial charge is 1.00 e. The summed E-state index contributed by atoms with van der Waals surface area (Å²) in [5.41, 5.74) is -1.20. The molecule has 0 spiro atoms. The fourth-order valence-corrected chi connectivity index (χ4v) is 5.31. The molecule has 0 unspecified atom stereocenters. The van der Waals surface area contributed by atoms with Crippen LogP contribution in [0.25, 0.3) is 10.8 Å². The summed E-state index contributed by atoms with van der Waals surface area (Å²) in [6.07, 6.45) is 0. The summed E-state index contributed by atoms with van der Waals surface area (Å²) >= 11 is 0. The number of phenols is 2. The van der Waals surface area contributed by atoms with Crippen LogP contribution in [-0.4, -0.2) is 73.7 Å². The maximum Gasteiger partial charge on any atom is 1.00 e. The third-order valence-corrected chi connectivity index (χ3v) is 8.54. The van der Waals surface area contributed by atoms with E-state index in [1.165, 1.54) is 36.4 Å². The second-order valence-electron chi connectivity index (χ2n) is 8.93. The fraction of sp³-hybridized carbons (Fsp3) is 0.0800. The molecular formula is C25H19CuN5Na5O14S4-. The fourth-order valence-electron chi connectivity index (χ4n) is 3.59. The average molecular weight is 920 g/mol. The first kappa shape index (κ1) is 61.6. The molecule has 269 valence electrons. The van der Waals surface area contributed by atoms with Crippen molar-refractivity contribution in [2.45, 2.75) is 9.79 Å². The van der Waals surface area contributed by atoms with Crippen LogP contribution in [0.1, 0.15) is 0 Å². The minimum atomic E-state index is -5.17. The summed E-state index contributed by atoms with van der Waals surface area (Å²) in [6.45, 7) is 3.30. The van der Waals surface area contributed by atoms with Crippen molar-refractivity contribution in [1.82, 2.24) is 0 Å². The van der Waals surface area contributed by atoms with Gasteiger partial charge in [-0.3, -0.25) is 4.55 Å². The molecule has 0 aliphatic carbocycles. The molecule has 0 bridgehead atoms. The summed E-state index contributed by atoms with van der Waals surface area (Å²) in [5.74, 6) is -2.39. The van der Waals surface area contributed by atoms with Gasteiger partial charge in [0.1, 0.15) is 31.8 Å². The van der Waals surface area contributed by atoms with E-state index in [4.69, 9.17) is 17.5 Å². The number of sulfone groups is 1. The van der Waals surface area contributed by atoms with Crippen molar-refractivity contribution in [2.24, 2.45) is 20.5 Å².